The van der Waals surface area contributed by atoms with Gasteiger partial charge in [-0.2, -0.15) is 0 Å². The molecule has 2 heterocycles. The number of rotatable bonds is 7. The van der Waals surface area contributed by atoms with Gasteiger partial charge in [0.05, 0.1) is 0 Å². The molecule has 1 N–H and O–H groups in total. The Bertz CT molecular complexity index is 1100. The SMILES string of the molecule is CC1(C)NC(=O)N(CCCSc2nnc(-c3ccccc3)n2-c2ccc(F)cc2)C1=O. The highest BCUT2D eigenvalue weighted by atomic mass is 32.2. The first-order valence-corrected chi connectivity index (χ1v) is 10.9. The zero-order valence-electron chi connectivity index (χ0n) is 17.2. The van der Waals surface area contributed by atoms with E-state index in [1.165, 1.54) is 28.8 Å². The lowest BCUT2D eigenvalue weighted by atomic mass is 10.1. The summed E-state index contributed by atoms with van der Waals surface area (Å²) in [6.45, 7) is 3.72. The number of aromatic nitrogens is 3. The lowest BCUT2D eigenvalue weighted by Gasteiger charge is -2.15. The highest BCUT2D eigenvalue weighted by molar-refractivity contribution is 7.99. The molecule has 31 heavy (non-hydrogen) atoms. The first-order chi connectivity index (χ1) is 14.9. The summed E-state index contributed by atoms with van der Waals surface area (Å²) in [5, 5.41) is 12.0. The van der Waals surface area contributed by atoms with Crippen LogP contribution in [0.2, 0.25) is 0 Å². The van der Waals surface area contributed by atoms with Crippen molar-refractivity contribution in [3.05, 3.63) is 60.4 Å². The Morgan fingerprint density at radius 1 is 1.03 bits per heavy atom. The lowest BCUT2D eigenvalue weighted by molar-refractivity contribution is -0.130. The molecule has 1 aliphatic heterocycles. The predicted octanol–water partition coefficient (Wildman–Crippen LogP) is 3.89. The molecule has 9 heteroatoms. The van der Waals surface area contributed by atoms with Gasteiger partial charge in [-0.1, -0.05) is 42.1 Å². The average molecular weight is 440 g/mol. The third-order valence-electron chi connectivity index (χ3n) is 4.95. The van der Waals surface area contributed by atoms with Gasteiger partial charge in [-0.05, 0) is 44.5 Å². The standard InChI is InChI=1S/C22H22FN5O2S/c1-22(2)19(29)27(20(30)24-22)13-6-14-31-21-26-25-18(15-7-4-3-5-8-15)28(21)17-11-9-16(23)10-12-17/h3-5,7-12H,6,13-14H2,1-2H3,(H,24,30). The Kier molecular flexibility index (Phi) is 5.77. The van der Waals surface area contributed by atoms with E-state index < -0.39 is 5.54 Å². The van der Waals surface area contributed by atoms with Gasteiger partial charge in [0.15, 0.2) is 11.0 Å². The van der Waals surface area contributed by atoms with Gasteiger partial charge >= 0.3 is 6.03 Å². The molecule has 7 nitrogen and oxygen atoms in total. The molecule has 0 spiro atoms. The van der Waals surface area contributed by atoms with Gasteiger partial charge in [0.25, 0.3) is 5.91 Å². The zero-order chi connectivity index (χ0) is 22.0. The van der Waals surface area contributed by atoms with Crippen molar-refractivity contribution < 1.29 is 14.0 Å². The fourth-order valence-electron chi connectivity index (χ4n) is 3.37. The van der Waals surface area contributed by atoms with Crippen LogP contribution in [0.4, 0.5) is 9.18 Å². The highest BCUT2D eigenvalue weighted by Gasteiger charge is 2.43. The second-order valence-corrected chi connectivity index (χ2v) is 8.76. The van der Waals surface area contributed by atoms with Crippen molar-refractivity contribution in [2.75, 3.05) is 12.3 Å². The molecule has 0 unspecified atom stereocenters. The fraction of sp³-hybridized carbons (Fsp3) is 0.273. The minimum absolute atomic E-state index is 0.219. The quantitative estimate of drug-likeness (QED) is 0.343. The average Bonchev–Trinajstić information content (AvgIpc) is 3.25. The Balaban J connectivity index is 1.51. The smallest absolute Gasteiger partial charge is 0.324 e. The molecule has 0 aliphatic carbocycles. The van der Waals surface area contributed by atoms with Gasteiger partial charge in [0, 0.05) is 23.5 Å². The van der Waals surface area contributed by atoms with Crippen LogP contribution in [0.1, 0.15) is 20.3 Å². The first-order valence-electron chi connectivity index (χ1n) is 9.90. The molecule has 1 fully saturated rings. The molecular formula is C22H22FN5O2S. The highest BCUT2D eigenvalue weighted by Crippen LogP contribution is 2.28. The number of imide groups is 1. The summed E-state index contributed by atoms with van der Waals surface area (Å²) >= 11 is 1.47. The van der Waals surface area contributed by atoms with Crippen molar-refractivity contribution in [2.24, 2.45) is 0 Å². The van der Waals surface area contributed by atoms with E-state index in [1.807, 2.05) is 34.9 Å². The number of nitrogens with zero attached hydrogens (tertiary/aromatic N) is 4. The van der Waals surface area contributed by atoms with E-state index in [4.69, 9.17) is 0 Å². The van der Waals surface area contributed by atoms with Crippen molar-refractivity contribution in [1.29, 1.82) is 0 Å². The Morgan fingerprint density at radius 2 is 1.74 bits per heavy atom. The van der Waals surface area contributed by atoms with Crippen molar-refractivity contribution in [1.82, 2.24) is 25.0 Å². The zero-order valence-corrected chi connectivity index (χ0v) is 18.0. The lowest BCUT2D eigenvalue weighted by Crippen LogP contribution is -2.40. The number of hydrogen-bond donors (Lipinski definition) is 1. The second kappa shape index (κ2) is 8.50. The van der Waals surface area contributed by atoms with Gasteiger partial charge in [0.2, 0.25) is 0 Å². The maximum atomic E-state index is 13.5. The third-order valence-corrected chi connectivity index (χ3v) is 5.97. The Morgan fingerprint density at radius 3 is 2.39 bits per heavy atom. The molecule has 1 saturated heterocycles. The molecule has 0 saturated carbocycles. The van der Waals surface area contributed by atoms with Gasteiger partial charge in [0.1, 0.15) is 11.4 Å². The van der Waals surface area contributed by atoms with E-state index in [9.17, 15) is 14.0 Å². The maximum absolute atomic E-state index is 13.5. The normalized spacial score (nSPS) is 15.4. The summed E-state index contributed by atoms with van der Waals surface area (Å²) in [6.07, 6.45) is 0.608. The summed E-state index contributed by atoms with van der Waals surface area (Å²) in [5.41, 5.74) is 0.786. The molecule has 1 aromatic heterocycles. The van der Waals surface area contributed by atoms with Crippen LogP contribution in [0.15, 0.2) is 59.8 Å². The monoisotopic (exact) mass is 439 g/mol. The van der Waals surface area contributed by atoms with E-state index in [0.717, 1.165) is 11.3 Å². The number of benzene rings is 2. The van der Waals surface area contributed by atoms with E-state index in [0.29, 0.717) is 29.7 Å². The molecule has 0 bridgehead atoms. The number of urea groups is 1. The molecule has 160 valence electrons. The number of carbonyl (C=O) groups is 2. The van der Waals surface area contributed by atoms with Crippen LogP contribution in [0.25, 0.3) is 17.1 Å². The molecule has 4 rings (SSSR count). The molecule has 3 aromatic rings. The van der Waals surface area contributed by atoms with Crippen molar-refractivity contribution in [3.8, 4) is 17.1 Å². The van der Waals surface area contributed by atoms with E-state index >= 15 is 0 Å². The van der Waals surface area contributed by atoms with Crippen molar-refractivity contribution in [3.63, 3.8) is 0 Å². The Labute approximate surface area is 183 Å². The number of amides is 3. The van der Waals surface area contributed by atoms with E-state index in [-0.39, 0.29) is 17.8 Å². The number of hydrogen-bond acceptors (Lipinski definition) is 5. The minimum atomic E-state index is -0.864. The maximum Gasteiger partial charge on any atom is 0.325 e. The number of nitrogens with one attached hydrogen (secondary N) is 1. The largest absolute Gasteiger partial charge is 0.325 e. The van der Waals surface area contributed by atoms with Crippen molar-refractivity contribution >= 4 is 23.7 Å². The van der Waals surface area contributed by atoms with E-state index in [2.05, 4.69) is 15.5 Å². The number of carbonyl (C=O) groups excluding carboxylic acids is 2. The van der Waals surface area contributed by atoms with E-state index in [1.54, 1.807) is 26.0 Å². The minimum Gasteiger partial charge on any atom is -0.324 e. The molecule has 0 atom stereocenters. The van der Waals surface area contributed by atoms with Gasteiger partial charge in [-0.25, -0.2) is 9.18 Å². The van der Waals surface area contributed by atoms with Crippen LogP contribution in [0.3, 0.4) is 0 Å². The van der Waals surface area contributed by atoms with Gasteiger partial charge in [-0.15, -0.1) is 10.2 Å². The molecule has 0 radical (unpaired) electrons. The van der Waals surface area contributed by atoms with Gasteiger partial charge < -0.3 is 5.32 Å². The molecule has 3 amide bonds. The van der Waals surface area contributed by atoms with Gasteiger partial charge in [-0.3, -0.25) is 14.3 Å². The van der Waals surface area contributed by atoms with Crippen LogP contribution in [-0.4, -0.2) is 49.4 Å². The number of halogens is 1. The topological polar surface area (TPSA) is 80.1 Å². The van der Waals surface area contributed by atoms with Crippen LogP contribution >= 0.6 is 11.8 Å². The van der Waals surface area contributed by atoms with Crippen LogP contribution < -0.4 is 5.32 Å². The molecule has 2 aromatic carbocycles. The summed E-state index contributed by atoms with van der Waals surface area (Å²) < 4.78 is 15.3. The molecule has 1 aliphatic rings. The van der Waals surface area contributed by atoms with Crippen LogP contribution in [-0.2, 0) is 4.79 Å². The van der Waals surface area contributed by atoms with Crippen LogP contribution in [0, 0.1) is 5.82 Å². The summed E-state index contributed by atoms with van der Waals surface area (Å²) in [5.74, 6) is 0.753. The van der Waals surface area contributed by atoms with Crippen molar-refractivity contribution in [2.45, 2.75) is 31.0 Å². The predicted molar refractivity (Wildman–Crippen MR) is 116 cm³/mol. The second-order valence-electron chi connectivity index (χ2n) is 7.70. The summed E-state index contributed by atoms with van der Waals surface area (Å²) in [4.78, 5) is 25.6. The molecular weight excluding hydrogens is 417 g/mol. The first kappa shape index (κ1) is 21.0. The third kappa shape index (κ3) is 4.32. The summed E-state index contributed by atoms with van der Waals surface area (Å²) in [7, 11) is 0. The fourth-order valence-corrected chi connectivity index (χ4v) is 4.24. The summed E-state index contributed by atoms with van der Waals surface area (Å²) in [6, 6.07) is 15.5. The number of thioether (sulfide) groups is 1. The Hall–Kier alpha value is -3.20. The van der Waals surface area contributed by atoms with Crippen LogP contribution in [0.5, 0.6) is 0 Å².